The van der Waals surface area contributed by atoms with Gasteiger partial charge in [-0.3, -0.25) is 14.9 Å². The number of fused-ring (bicyclic) bond motifs is 1. The summed E-state index contributed by atoms with van der Waals surface area (Å²) in [6.45, 7) is 1.39. The molecule has 0 unspecified atom stereocenters. The molecule has 3 rings (SSSR count). The molecule has 0 bridgehead atoms. The summed E-state index contributed by atoms with van der Waals surface area (Å²) in [6, 6.07) is 10.9. The van der Waals surface area contributed by atoms with E-state index in [0.717, 1.165) is 11.6 Å². The fourth-order valence-electron chi connectivity index (χ4n) is 2.93. The van der Waals surface area contributed by atoms with E-state index < -0.39 is 22.8 Å². The lowest BCUT2D eigenvalue weighted by atomic mass is 10.1. The number of hydrogen-bond donors (Lipinski definition) is 3. The smallest absolute Gasteiger partial charge is 0.341 e. The Bertz CT molecular complexity index is 1080. The number of aromatic amines is 1. The van der Waals surface area contributed by atoms with Gasteiger partial charge in [-0.1, -0.05) is 18.2 Å². The van der Waals surface area contributed by atoms with Crippen LogP contribution in [0.15, 0.2) is 48.7 Å². The number of aromatic nitrogens is 1. The summed E-state index contributed by atoms with van der Waals surface area (Å²) in [5.41, 5.74) is 1.05. The molecule has 0 aliphatic heterocycles. The summed E-state index contributed by atoms with van der Waals surface area (Å²) < 4.78 is 5.30. The van der Waals surface area contributed by atoms with E-state index in [-0.39, 0.29) is 30.1 Å². The Kier molecular flexibility index (Phi) is 5.89. The molecule has 29 heavy (non-hydrogen) atoms. The molecule has 0 radical (unpaired) electrons. The van der Waals surface area contributed by atoms with Gasteiger partial charge in [-0.15, -0.1) is 0 Å². The quantitative estimate of drug-likeness (QED) is 0.230. The first-order chi connectivity index (χ1) is 13.9. The number of aliphatic hydroxyl groups excluding tert-OH is 1. The van der Waals surface area contributed by atoms with Gasteiger partial charge in [0.15, 0.2) is 6.10 Å². The number of Topliss-reactive ketones (excluding diaryl/α,β-unsaturated/α-hetero) is 1. The fourth-order valence-corrected chi connectivity index (χ4v) is 2.93. The van der Waals surface area contributed by atoms with Crippen molar-refractivity contribution in [1.29, 1.82) is 0 Å². The van der Waals surface area contributed by atoms with E-state index in [9.17, 15) is 19.7 Å². The Morgan fingerprint density at radius 2 is 2.00 bits per heavy atom. The van der Waals surface area contributed by atoms with E-state index in [2.05, 4.69) is 10.3 Å². The van der Waals surface area contributed by atoms with Crippen molar-refractivity contribution in [2.24, 2.45) is 0 Å². The minimum atomic E-state index is -1.10. The molecule has 1 aromatic heterocycles. The van der Waals surface area contributed by atoms with Gasteiger partial charge in [0.1, 0.15) is 0 Å². The molecule has 0 fully saturated rings. The van der Waals surface area contributed by atoms with Crippen LogP contribution in [-0.4, -0.2) is 46.0 Å². The third-order valence-corrected chi connectivity index (χ3v) is 4.37. The highest BCUT2D eigenvalue weighted by Crippen LogP contribution is 2.25. The van der Waals surface area contributed by atoms with Crippen LogP contribution >= 0.6 is 0 Å². The molecule has 9 nitrogen and oxygen atoms in total. The predicted octanol–water partition coefficient (Wildman–Crippen LogP) is 2.91. The fraction of sp³-hybridized carbons (Fsp3) is 0.200. The topological polar surface area (TPSA) is 135 Å². The maximum absolute atomic E-state index is 12.8. The molecule has 3 N–H and O–H groups in total. The normalized spacial score (nSPS) is 11.8. The van der Waals surface area contributed by atoms with E-state index in [4.69, 9.17) is 9.84 Å². The van der Waals surface area contributed by atoms with Crippen LogP contribution in [0.5, 0.6) is 0 Å². The Morgan fingerprint density at radius 1 is 1.24 bits per heavy atom. The molecule has 2 aromatic carbocycles. The highest BCUT2D eigenvalue weighted by atomic mass is 16.6. The number of aliphatic hydroxyl groups is 1. The largest absolute Gasteiger partial charge is 0.451 e. The van der Waals surface area contributed by atoms with Gasteiger partial charge in [-0.25, -0.2) is 4.79 Å². The number of esters is 1. The molecule has 9 heteroatoms. The van der Waals surface area contributed by atoms with E-state index in [1.807, 2.05) is 12.1 Å². The minimum Gasteiger partial charge on any atom is -0.451 e. The number of carbonyl (C=O) groups excluding carboxylic acids is 2. The number of para-hydroxylation sites is 1. The molecule has 1 heterocycles. The monoisotopic (exact) mass is 397 g/mol. The highest BCUT2D eigenvalue weighted by Gasteiger charge is 2.25. The van der Waals surface area contributed by atoms with Crippen LogP contribution in [0.25, 0.3) is 10.9 Å². The molecule has 0 amide bonds. The number of rotatable bonds is 8. The van der Waals surface area contributed by atoms with Crippen molar-refractivity contribution < 1.29 is 24.4 Å². The van der Waals surface area contributed by atoms with Crippen molar-refractivity contribution in [3.8, 4) is 0 Å². The summed E-state index contributed by atoms with van der Waals surface area (Å²) in [5, 5.41) is 23.5. The standard InChI is InChI=1S/C20H19N3O6/c1-12(19(25)16-11-22-17-5-3-2-4-14(16)17)29-20(26)15-10-13(23(27)28)6-7-18(15)21-8-9-24/h2-7,10-12,21-22,24H,8-9H2,1H3/t12-/m0/s1. The van der Waals surface area contributed by atoms with Crippen molar-refractivity contribution in [3.63, 3.8) is 0 Å². The van der Waals surface area contributed by atoms with Gasteiger partial charge in [-0.2, -0.15) is 0 Å². The first-order valence-corrected chi connectivity index (χ1v) is 8.87. The summed E-state index contributed by atoms with van der Waals surface area (Å²) in [4.78, 5) is 38.8. The van der Waals surface area contributed by atoms with Crippen LogP contribution < -0.4 is 5.32 Å². The number of nitro groups is 1. The SMILES string of the molecule is C[C@H](OC(=O)c1cc([N+](=O)[O-])ccc1NCCO)C(=O)c1c[nH]c2ccccc12. The molecule has 0 saturated carbocycles. The van der Waals surface area contributed by atoms with Crippen molar-refractivity contribution in [1.82, 2.24) is 4.98 Å². The Morgan fingerprint density at radius 3 is 2.72 bits per heavy atom. The van der Waals surface area contributed by atoms with Gasteiger partial charge in [0.25, 0.3) is 5.69 Å². The molecule has 0 aliphatic rings. The average Bonchev–Trinajstić information content (AvgIpc) is 3.15. The molecule has 150 valence electrons. The zero-order valence-corrected chi connectivity index (χ0v) is 15.5. The second kappa shape index (κ2) is 8.53. The van der Waals surface area contributed by atoms with Gasteiger partial charge >= 0.3 is 5.97 Å². The molecular weight excluding hydrogens is 378 g/mol. The average molecular weight is 397 g/mol. The lowest BCUT2D eigenvalue weighted by Crippen LogP contribution is -2.25. The number of nitro benzene ring substituents is 1. The summed E-state index contributed by atoms with van der Waals surface area (Å²) in [5.74, 6) is -1.28. The van der Waals surface area contributed by atoms with Crippen LogP contribution in [0.2, 0.25) is 0 Å². The van der Waals surface area contributed by atoms with E-state index in [1.165, 1.54) is 19.1 Å². The summed E-state index contributed by atoms with van der Waals surface area (Å²) in [6.07, 6.45) is 0.450. The number of ketones is 1. The first kappa shape index (κ1) is 20.0. The number of anilines is 1. The van der Waals surface area contributed by atoms with E-state index in [0.29, 0.717) is 10.9 Å². The number of ether oxygens (including phenoxy) is 1. The number of H-pyrrole nitrogens is 1. The van der Waals surface area contributed by atoms with Crippen molar-refractivity contribution >= 4 is 34.0 Å². The predicted molar refractivity (Wildman–Crippen MR) is 106 cm³/mol. The van der Waals surface area contributed by atoms with Crippen molar-refractivity contribution in [2.75, 3.05) is 18.5 Å². The van der Waals surface area contributed by atoms with Crippen LogP contribution in [-0.2, 0) is 4.74 Å². The third kappa shape index (κ3) is 4.25. The Balaban J connectivity index is 1.84. The van der Waals surface area contributed by atoms with Crippen LogP contribution in [0, 0.1) is 10.1 Å². The van der Waals surface area contributed by atoms with Gasteiger partial charge < -0.3 is 20.1 Å². The molecule has 1 atom stereocenters. The maximum Gasteiger partial charge on any atom is 0.341 e. The number of nitrogens with one attached hydrogen (secondary N) is 2. The van der Waals surface area contributed by atoms with E-state index >= 15 is 0 Å². The Labute approximate surface area is 165 Å². The molecule has 3 aromatic rings. The number of carbonyl (C=O) groups is 2. The molecule has 0 saturated heterocycles. The number of hydrogen-bond acceptors (Lipinski definition) is 7. The number of non-ortho nitro benzene ring substituents is 1. The van der Waals surface area contributed by atoms with Crippen molar-refractivity contribution in [3.05, 3.63) is 69.9 Å². The number of benzene rings is 2. The lowest BCUT2D eigenvalue weighted by molar-refractivity contribution is -0.384. The first-order valence-electron chi connectivity index (χ1n) is 8.87. The van der Waals surface area contributed by atoms with Crippen LogP contribution in [0.1, 0.15) is 27.6 Å². The van der Waals surface area contributed by atoms with Crippen LogP contribution in [0.4, 0.5) is 11.4 Å². The lowest BCUT2D eigenvalue weighted by Gasteiger charge is -2.15. The number of nitrogens with zero attached hydrogens (tertiary/aromatic N) is 1. The highest BCUT2D eigenvalue weighted by molar-refractivity contribution is 6.10. The maximum atomic E-state index is 12.8. The summed E-state index contributed by atoms with van der Waals surface area (Å²) >= 11 is 0. The Hall–Kier alpha value is -3.72. The zero-order chi connectivity index (χ0) is 21.0. The van der Waals surface area contributed by atoms with Gasteiger partial charge in [0, 0.05) is 47.0 Å². The summed E-state index contributed by atoms with van der Waals surface area (Å²) in [7, 11) is 0. The second-order valence-electron chi connectivity index (χ2n) is 6.30. The van der Waals surface area contributed by atoms with E-state index in [1.54, 1.807) is 18.3 Å². The zero-order valence-electron chi connectivity index (χ0n) is 15.5. The molecule has 0 aliphatic carbocycles. The van der Waals surface area contributed by atoms with Gasteiger partial charge in [-0.05, 0) is 19.1 Å². The van der Waals surface area contributed by atoms with Gasteiger partial charge in [0.2, 0.25) is 5.78 Å². The molecule has 0 spiro atoms. The second-order valence-corrected chi connectivity index (χ2v) is 6.30. The third-order valence-electron chi connectivity index (χ3n) is 4.37. The molecular formula is C20H19N3O6. The minimum absolute atomic E-state index is 0.0915. The van der Waals surface area contributed by atoms with Crippen molar-refractivity contribution in [2.45, 2.75) is 13.0 Å². The van der Waals surface area contributed by atoms with Gasteiger partial charge in [0.05, 0.1) is 17.1 Å². The van der Waals surface area contributed by atoms with Crippen LogP contribution in [0.3, 0.4) is 0 Å².